The smallest absolute Gasteiger partial charge is 0.116 e. The molecule has 21 heavy (non-hydrogen) atoms. The number of rotatable bonds is 2. The fourth-order valence-electron chi connectivity index (χ4n) is 2.35. The van der Waals surface area contributed by atoms with Crippen LogP contribution >= 0.6 is 11.6 Å². The Bertz CT molecular complexity index is 806. The zero-order valence-corrected chi connectivity index (χ0v) is 12.7. The Hall–Kier alpha value is -2.26. The molecule has 2 N–H and O–H groups in total. The van der Waals surface area contributed by atoms with Gasteiger partial charge < -0.3 is 5.73 Å². The van der Waals surface area contributed by atoms with Crippen LogP contribution in [0.1, 0.15) is 11.1 Å². The standard InChI is InChI=1S/C17H16ClN3/c1-11-7-8-12(2)13(9-11)17-15(19)10-21(20-17)16-6-4-3-5-14(16)18/h3-10H,19H2,1-2H3. The Morgan fingerprint density at radius 3 is 2.62 bits per heavy atom. The summed E-state index contributed by atoms with van der Waals surface area (Å²) in [5.74, 6) is 0. The maximum atomic E-state index is 6.22. The highest BCUT2D eigenvalue weighted by Gasteiger charge is 2.13. The number of nitrogens with zero attached hydrogens (tertiary/aromatic N) is 2. The van der Waals surface area contributed by atoms with Crippen molar-refractivity contribution in [3.63, 3.8) is 0 Å². The van der Waals surface area contributed by atoms with Crippen molar-refractivity contribution in [2.75, 3.05) is 5.73 Å². The second kappa shape index (κ2) is 5.26. The summed E-state index contributed by atoms with van der Waals surface area (Å²) >= 11 is 6.22. The van der Waals surface area contributed by atoms with E-state index in [1.165, 1.54) is 5.56 Å². The van der Waals surface area contributed by atoms with Crippen molar-refractivity contribution in [2.24, 2.45) is 0 Å². The SMILES string of the molecule is Cc1ccc(C)c(-c2nn(-c3ccccc3Cl)cc2N)c1. The van der Waals surface area contributed by atoms with Crippen LogP contribution in [0.15, 0.2) is 48.7 Å². The molecule has 0 amide bonds. The number of aryl methyl sites for hydroxylation is 2. The van der Waals surface area contributed by atoms with Gasteiger partial charge in [-0.15, -0.1) is 0 Å². The number of nitrogen functional groups attached to an aromatic ring is 1. The van der Waals surface area contributed by atoms with E-state index in [9.17, 15) is 0 Å². The number of hydrogen-bond donors (Lipinski definition) is 1. The van der Waals surface area contributed by atoms with E-state index in [2.05, 4.69) is 37.1 Å². The molecule has 0 bridgehead atoms. The number of aromatic nitrogens is 2. The van der Waals surface area contributed by atoms with Gasteiger partial charge in [-0.05, 0) is 37.6 Å². The van der Waals surface area contributed by atoms with E-state index < -0.39 is 0 Å². The van der Waals surface area contributed by atoms with E-state index in [0.717, 1.165) is 22.5 Å². The van der Waals surface area contributed by atoms with Crippen LogP contribution in [0.5, 0.6) is 0 Å². The molecule has 0 saturated carbocycles. The van der Waals surface area contributed by atoms with Crippen molar-refractivity contribution in [3.8, 4) is 16.9 Å². The molecule has 3 rings (SSSR count). The maximum absolute atomic E-state index is 6.22. The van der Waals surface area contributed by atoms with E-state index in [1.54, 1.807) is 10.9 Å². The summed E-state index contributed by atoms with van der Waals surface area (Å²) in [5.41, 5.74) is 11.8. The summed E-state index contributed by atoms with van der Waals surface area (Å²) in [6.45, 7) is 4.12. The first kappa shape index (κ1) is 13.7. The van der Waals surface area contributed by atoms with E-state index in [0.29, 0.717) is 10.7 Å². The third-order valence-electron chi connectivity index (χ3n) is 3.49. The van der Waals surface area contributed by atoms with Crippen LogP contribution in [-0.2, 0) is 0 Å². The minimum atomic E-state index is 0.642. The molecule has 0 fully saturated rings. The molecular formula is C17H16ClN3. The molecule has 3 aromatic rings. The normalized spacial score (nSPS) is 10.8. The number of benzene rings is 2. The van der Waals surface area contributed by atoms with E-state index in [1.807, 2.05) is 24.3 Å². The number of anilines is 1. The van der Waals surface area contributed by atoms with Crippen LogP contribution in [0.4, 0.5) is 5.69 Å². The molecule has 0 aliphatic carbocycles. The van der Waals surface area contributed by atoms with Crippen LogP contribution in [0.2, 0.25) is 5.02 Å². The minimum absolute atomic E-state index is 0.642. The second-order valence-electron chi connectivity index (χ2n) is 5.15. The molecule has 0 aliphatic heterocycles. The molecule has 2 aromatic carbocycles. The topological polar surface area (TPSA) is 43.8 Å². The van der Waals surface area contributed by atoms with Crippen molar-refractivity contribution < 1.29 is 0 Å². The Labute approximate surface area is 129 Å². The first-order valence-corrected chi connectivity index (χ1v) is 7.12. The first-order chi connectivity index (χ1) is 10.1. The summed E-state index contributed by atoms with van der Waals surface area (Å²) < 4.78 is 1.73. The van der Waals surface area contributed by atoms with Crippen molar-refractivity contribution in [1.82, 2.24) is 9.78 Å². The van der Waals surface area contributed by atoms with Gasteiger partial charge in [0.05, 0.1) is 22.6 Å². The largest absolute Gasteiger partial charge is 0.396 e. The molecule has 0 unspecified atom stereocenters. The molecule has 0 radical (unpaired) electrons. The van der Waals surface area contributed by atoms with Crippen LogP contribution < -0.4 is 5.73 Å². The summed E-state index contributed by atoms with van der Waals surface area (Å²) in [7, 11) is 0. The van der Waals surface area contributed by atoms with E-state index in [-0.39, 0.29) is 0 Å². The summed E-state index contributed by atoms with van der Waals surface area (Å²) in [6.07, 6.45) is 1.80. The average Bonchev–Trinajstić information content (AvgIpc) is 2.84. The van der Waals surface area contributed by atoms with Crippen molar-refractivity contribution >= 4 is 17.3 Å². The summed E-state index contributed by atoms with van der Waals surface area (Å²) in [5, 5.41) is 5.27. The molecule has 0 atom stereocenters. The molecule has 4 heteroatoms. The van der Waals surface area contributed by atoms with Crippen molar-refractivity contribution in [1.29, 1.82) is 0 Å². The van der Waals surface area contributed by atoms with Gasteiger partial charge in [0, 0.05) is 5.56 Å². The van der Waals surface area contributed by atoms with Gasteiger partial charge in [-0.1, -0.05) is 41.4 Å². The molecule has 0 saturated heterocycles. The van der Waals surface area contributed by atoms with Crippen LogP contribution in [0.3, 0.4) is 0 Å². The molecule has 3 nitrogen and oxygen atoms in total. The summed E-state index contributed by atoms with van der Waals surface area (Å²) in [6, 6.07) is 13.8. The second-order valence-corrected chi connectivity index (χ2v) is 5.55. The third kappa shape index (κ3) is 2.52. The Kier molecular flexibility index (Phi) is 3.43. The van der Waals surface area contributed by atoms with Gasteiger partial charge in [0.1, 0.15) is 5.69 Å². The van der Waals surface area contributed by atoms with Crippen molar-refractivity contribution in [3.05, 3.63) is 64.8 Å². The zero-order chi connectivity index (χ0) is 15.0. The lowest BCUT2D eigenvalue weighted by Gasteiger charge is -2.06. The Morgan fingerprint density at radius 1 is 1.10 bits per heavy atom. The predicted octanol–water partition coefficient (Wildman–Crippen LogP) is 4.39. The van der Waals surface area contributed by atoms with Gasteiger partial charge in [0.2, 0.25) is 0 Å². The van der Waals surface area contributed by atoms with Crippen molar-refractivity contribution in [2.45, 2.75) is 13.8 Å². The van der Waals surface area contributed by atoms with Crippen LogP contribution in [-0.4, -0.2) is 9.78 Å². The van der Waals surface area contributed by atoms with E-state index in [4.69, 9.17) is 17.3 Å². The molecule has 1 heterocycles. The van der Waals surface area contributed by atoms with E-state index >= 15 is 0 Å². The van der Waals surface area contributed by atoms with Gasteiger partial charge >= 0.3 is 0 Å². The number of hydrogen-bond acceptors (Lipinski definition) is 2. The number of halogens is 1. The highest BCUT2D eigenvalue weighted by atomic mass is 35.5. The Balaban J connectivity index is 2.15. The lowest BCUT2D eigenvalue weighted by Crippen LogP contribution is -1.96. The molecule has 1 aromatic heterocycles. The van der Waals surface area contributed by atoms with Gasteiger partial charge in [0.25, 0.3) is 0 Å². The molecular weight excluding hydrogens is 282 g/mol. The fraction of sp³-hybridized carbons (Fsp3) is 0.118. The van der Waals surface area contributed by atoms with Gasteiger partial charge in [-0.3, -0.25) is 0 Å². The van der Waals surface area contributed by atoms with Gasteiger partial charge in [-0.25, -0.2) is 4.68 Å². The monoisotopic (exact) mass is 297 g/mol. The predicted molar refractivity (Wildman–Crippen MR) is 87.9 cm³/mol. The zero-order valence-electron chi connectivity index (χ0n) is 12.0. The van der Waals surface area contributed by atoms with Gasteiger partial charge in [-0.2, -0.15) is 5.10 Å². The first-order valence-electron chi connectivity index (χ1n) is 6.74. The summed E-state index contributed by atoms with van der Waals surface area (Å²) in [4.78, 5) is 0. The highest BCUT2D eigenvalue weighted by molar-refractivity contribution is 6.32. The quantitative estimate of drug-likeness (QED) is 0.762. The van der Waals surface area contributed by atoms with Gasteiger partial charge in [0.15, 0.2) is 0 Å². The molecule has 0 spiro atoms. The third-order valence-corrected chi connectivity index (χ3v) is 3.81. The Morgan fingerprint density at radius 2 is 1.86 bits per heavy atom. The molecule has 0 aliphatic rings. The average molecular weight is 298 g/mol. The maximum Gasteiger partial charge on any atom is 0.116 e. The molecule has 106 valence electrons. The van der Waals surface area contributed by atoms with Crippen LogP contribution in [0.25, 0.3) is 16.9 Å². The number of nitrogens with two attached hydrogens (primary N) is 1. The highest BCUT2D eigenvalue weighted by Crippen LogP contribution is 2.30. The number of para-hydroxylation sites is 1. The lowest BCUT2D eigenvalue weighted by atomic mass is 10.0. The minimum Gasteiger partial charge on any atom is -0.396 e. The van der Waals surface area contributed by atoms with Crippen LogP contribution in [0, 0.1) is 13.8 Å². The fourth-order valence-corrected chi connectivity index (χ4v) is 2.57. The lowest BCUT2D eigenvalue weighted by molar-refractivity contribution is 0.884.